The van der Waals surface area contributed by atoms with E-state index in [1.807, 2.05) is 0 Å². The van der Waals surface area contributed by atoms with Crippen molar-refractivity contribution in [3.63, 3.8) is 0 Å². The molecular weight excluding hydrogens is 328 g/mol. The second kappa shape index (κ2) is 7.18. The van der Waals surface area contributed by atoms with E-state index in [1.165, 1.54) is 31.4 Å². The molecule has 1 aromatic rings. The Bertz CT molecular complexity index is 734. The standard InChI is InChI=1S/C19H26N6O/c1-2-3-10-19(22-23-19)11-12-20-18(26)14-8-9-16-17(13-14)25(24-21-16)15-6-4-5-7-15/h1,14-15H,3-13H2,(H,20,26). The van der Waals surface area contributed by atoms with Gasteiger partial charge in [-0.1, -0.05) is 18.1 Å². The molecule has 1 saturated carbocycles. The second-order valence-corrected chi connectivity index (χ2v) is 7.73. The first-order chi connectivity index (χ1) is 12.7. The Balaban J connectivity index is 1.30. The van der Waals surface area contributed by atoms with Gasteiger partial charge >= 0.3 is 0 Å². The minimum Gasteiger partial charge on any atom is -0.356 e. The van der Waals surface area contributed by atoms with E-state index in [9.17, 15) is 4.79 Å². The average Bonchev–Trinajstić information content (AvgIpc) is 3.06. The van der Waals surface area contributed by atoms with E-state index in [0.29, 0.717) is 19.0 Å². The minimum absolute atomic E-state index is 0.0101. The molecule has 2 heterocycles. The van der Waals surface area contributed by atoms with E-state index in [2.05, 4.69) is 36.5 Å². The van der Waals surface area contributed by atoms with Crippen LogP contribution in [0.25, 0.3) is 0 Å². The third-order valence-electron chi connectivity index (χ3n) is 5.96. The number of hydrogen-bond donors (Lipinski definition) is 1. The molecule has 1 unspecified atom stereocenters. The molecule has 0 saturated heterocycles. The Morgan fingerprint density at radius 3 is 2.81 bits per heavy atom. The molecule has 2 aliphatic carbocycles. The second-order valence-electron chi connectivity index (χ2n) is 7.73. The van der Waals surface area contributed by atoms with Crippen LogP contribution < -0.4 is 5.32 Å². The van der Waals surface area contributed by atoms with Crippen LogP contribution in [0.5, 0.6) is 0 Å². The van der Waals surface area contributed by atoms with Crippen LogP contribution >= 0.6 is 0 Å². The summed E-state index contributed by atoms with van der Waals surface area (Å²) in [5, 5.41) is 20.1. The fraction of sp³-hybridized carbons (Fsp3) is 0.737. The topological polar surface area (TPSA) is 84.5 Å². The van der Waals surface area contributed by atoms with E-state index in [-0.39, 0.29) is 17.5 Å². The van der Waals surface area contributed by atoms with Gasteiger partial charge in [-0.05, 0) is 25.7 Å². The van der Waals surface area contributed by atoms with Gasteiger partial charge in [0.2, 0.25) is 5.91 Å². The maximum Gasteiger partial charge on any atom is 0.223 e. The van der Waals surface area contributed by atoms with E-state index in [4.69, 9.17) is 6.42 Å². The fourth-order valence-corrected chi connectivity index (χ4v) is 4.26. The summed E-state index contributed by atoms with van der Waals surface area (Å²) in [7, 11) is 0. The van der Waals surface area contributed by atoms with Crippen molar-refractivity contribution in [3.05, 3.63) is 11.4 Å². The molecule has 7 nitrogen and oxygen atoms in total. The summed E-state index contributed by atoms with van der Waals surface area (Å²) in [5.41, 5.74) is 1.94. The lowest BCUT2D eigenvalue weighted by molar-refractivity contribution is -0.125. The van der Waals surface area contributed by atoms with Crippen molar-refractivity contribution in [1.29, 1.82) is 0 Å². The average molecular weight is 354 g/mol. The van der Waals surface area contributed by atoms with Crippen molar-refractivity contribution < 1.29 is 4.79 Å². The van der Waals surface area contributed by atoms with E-state index in [0.717, 1.165) is 37.8 Å². The van der Waals surface area contributed by atoms with Gasteiger partial charge in [0.1, 0.15) is 0 Å². The number of amides is 1. The lowest BCUT2D eigenvalue weighted by Gasteiger charge is -2.23. The summed E-state index contributed by atoms with van der Waals surface area (Å²) in [4.78, 5) is 12.6. The molecule has 0 radical (unpaired) electrons. The van der Waals surface area contributed by atoms with Crippen molar-refractivity contribution >= 4 is 5.91 Å². The van der Waals surface area contributed by atoms with Gasteiger partial charge in [0.25, 0.3) is 0 Å². The minimum atomic E-state index is -0.329. The first-order valence-corrected chi connectivity index (χ1v) is 9.79. The normalized spacial score (nSPS) is 23.4. The Hall–Kier alpha value is -2.23. The number of fused-ring (bicyclic) bond motifs is 1. The molecule has 0 aromatic carbocycles. The number of carbonyl (C=O) groups excluding carboxylic acids is 1. The Kier molecular flexibility index (Phi) is 4.75. The molecule has 138 valence electrons. The Morgan fingerprint density at radius 1 is 1.27 bits per heavy atom. The van der Waals surface area contributed by atoms with Crippen molar-refractivity contribution in [2.45, 2.75) is 75.9 Å². The van der Waals surface area contributed by atoms with Crippen LogP contribution in [0.3, 0.4) is 0 Å². The summed E-state index contributed by atoms with van der Waals surface area (Å²) < 4.78 is 2.11. The molecule has 7 heteroatoms. The van der Waals surface area contributed by atoms with Gasteiger partial charge < -0.3 is 5.32 Å². The van der Waals surface area contributed by atoms with E-state index >= 15 is 0 Å². The molecule has 1 aliphatic heterocycles. The summed E-state index contributed by atoms with van der Waals surface area (Å²) in [5.74, 6) is 2.77. The van der Waals surface area contributed by atoms with Crippen molar-refractivity contribution in [3.8, 4) is 12.3 Å². The predicted molar refractivity (Wildman–Crippen MR) is 96.3 cm³/mol. The van der Waals surface area contributed by atoms with Crippen LogP contribution in [0.4, 0.5) is 0 Å². The van der Waals surface area contributed by atoms with Gasteiger partial charge in [-0.25, -0.2) is 4.68 Å². The summed E-state index contributed by atoms with van der Waals surface area (Å²) >= 11 is 0. The molecule has 1 N–H and O–H groups in total. The van der Waals surface area contributed by atoms with Crippen LogP contribution in [0.1, 0.15) is 68.8 Å². The lowest BCUT2D eigenvalue weighted by atomic mass is 9.88. The van der Waals surface area contributed by atoms with Crippen LogP contribution in [0.2, 0.25) is 0 Å². The third-order valence-corrected chi connectivity index (χ3v) is 5.96. The number of nitrogens with zero attached hydrogens (tertiary/aromatic N) is 5. The SMILES string of the molecule is C#CCCC1(CCNC(=O)C2CCc3nnn(C4CCCC4)c3C2)N=N1. The van der Waals surface area contributed by atoms with Gasteiger partial charge in [0, 0.05) is 38.1 Å². The molecule has 1 aromatic heterocycles. The molecule has 1 amide bonds. The van der Waals surface area contributed by atoms with Crippen LogP contribution in [0, 0.1) is 18.3 Å². The number of rotatable bonds is 7. The van der Waals surface area contributed by atoms with Crippen molar-refractivity contribution in [2.24, 2.45) is 16.1 Å². The number of nitrogens with one attached hydrogen (secondary N) is 1. The lowest BCUT2D eigenvalue weighted by Crippen LogP contribution is -2.36. The van der Waals surface area contributed by atoms with Gasteiger partial charge in [-0.15, -0.1) is 17.4 Å². The zero-order valence-electron chi connectivity index (χ0n) is 15.2. The number of terminal acetylenes is 1. The summed E-state index contributed by atoms with van der Waals surface area (Å²) in [6.45, 7) is 0.597. The Labute approximate surface area is 154 Å². The fourth-order valence-electron chi connectivity index (χ4n) is 4.26. The maximum atomic E-state index is 12.6. The van der Waals surface area contributed by atoms with Crippen LogP contribution in [0.15, 0.2) is 10.2 Å². The van der Waals surface area contributed by atoms with Gasteiger partial charge in [-0.2, -0.15) is 10.2 Å². The van der Waals surface area contributed by atoms with E-state index in [1.54, 1.807) is 0 Å². The summed E-state index contributed by atoms with van der Waals surface area (Å²) in [6.07, 6.45) is 14.8. The molecule has 1 atom stereocenters. The number of aromatic nitrogens is 3. The van der Waals surface area contributed by atoms with Gasteiger partial charge in [-0.3, -0.25) is 4.79 Å². The highest BCUT2D eigenvalue weighted by molar-refractivity contribution is 5.79. The number of carbonyl (C=O) groups is 1. The van der Waals surface area contributed by atoms with Crippen LogP contribution in [-0.4, -0.2) is 33.1 Å². The Morgan fingerprint density at radius 2 is 2.08 bits per heavy atom. The van der Waals surface area contributed by atoms with E-state index < -0.39 is 0 Å². The first kappa shape index (κ1) is 17.2. The van der Waals surface area contributed by atoms with Crippen molar-refractivity contribution in [2.75, 3.05) is 6.54 Å². The van der Waals surface area contributed by atoms with Gasteiger partial charge in [0.15, 0.2) is 5.66 Å². The molecule has 0 spiro atoms. The zero-order valence-corrected chi connectivity index (χ0v) is 15.2. The largest absolute Gasteiger partial charge is 0.356 e. The monoisotopic (exact) mass is 354 g/mol. The molecule has 1 fully saturated rings. The zero-order chi connectivity index (χ0) is 18.0. The molecular formula is C19H26N6O. The smallest absolute Gasteiger partial charge is 0.223 e. The number of hydrogen-bond acceptors (Lipinski definition) is 5. The molecule has 3 aliphatic rings. The predicted octanol–water partition coefficient (Wildman–Crippen LogP) is 2.58. The third kappa shape index (κ3) is 3.50. The number of aryl methyl sites for hydroxylation is 1. The molecule has 4 rings (SSSR count). The highest BCUT2D eigenvalue weighted by atomic mass is 16.1. The van der Waals surface area contributed by atoms with Crippen molar-refractivity contribution in [1.82, 2.24) is 20.3 Å². The highest BCUT2D eigenvalue weighted by Crippen LogP contribution is 2.36. The maximum absolute atomic E-state index is 12.6. The molecule has 26 heavy (non-hydrogen) atoms. The van der Waals surface area contributed by atoms with Gasteiger partial charge in [0.05, 0.1) is 17.4 Å². The first-order valence-electron chi connectivity index (χ1n) is 9.79. The molecule has 0 bridgehead atoms. The quantitative estimate of drug-likeness (QED) is 0.764. The highest BCUT2D eigenvalue weighted by Gasteiger charge is 2.39. The summed E-state index contributed by atoms with van der Waals surface area (Å²) in [6, 6.07) is 0.474. The van der Waals surface area contributed by atoms with Crippen LogP contribution in [-0.2, 0) is 17.6 Å².